The van der Waals surface area contributed by atoms with E-state index in [1.165, 1.54) is 32.8 Å². The molecule has 3 rings (SSSR count). The first-order valence-corrected chi connectivity index (χ1v) is 10.5. The summed E-state index contributed by atoms with van der Waals surface area (Å²) in [6, 6.07) is 0. The molecule has 0 amide bonds. The molecule has 1 fully saturated rings. The van der Waals surface area contributed by atoms with Crippen molar-refractivity contribution in [3.05, 3.63) is 12.7 Å². The molecule has 0 radical (unpaired) electrons. The van der Waals surface area contributed by atoms with Crippen LogP contribution in [-0.4, -0.2) is 75.1 Å². The van der Waals surface area contributed by atoms with Crippen LogP contribution < -0.4 is 5.73 Å². The molecule has 23 heavy (non-hydrogen) atoms. The molecule has 1 unspecified atom stereocenters. The van der Waals surface area contributed by atoms with E-state index in [1.54, 1.807) is 0 Å². The second-order valence-corrected chi connectivity index (χ2v) is 9.34. The van der Waals surface area contributed by atoms with E-state index in [0.717, 1.165) is 0 Å². The summed E-state index contributed by atoms with van der Waals surface area (Å²) in [6.45, 7) is -0.360. The molecule has 5 atom stereocenters. The fraction of sp³-hybridized carbons (Fsp3) is 0.500. The maximum atomic E-state index is 11.1. The van der Waals surface area contributed by atoms with E-state index in [4.69, 9.17) is 19.9 Å². The molecule has 126 valence electrons. The number of rotatable bonds is 4. The van der Waals surface area contributed by atoms with Crippen molar-refractivity contribution in [1.29, 1.82) is 0 Å². The Morgan fingerprint density at radius 3 is 2.83 bits per heavy atom. The molecule has 0 spiro atoms. The van der Waals surface area contributed by atoms with Crippen LogP contribution in [0, 0.1) is 0 Å². The van der Waals surface area contributed by atoms with Gasteiger partial charge in [0.15, 0.2) is 0 Å². The van der Waals surface area contributed by atoms with Crippen LogP contribution >= 0.6 is 6.29 Å². The molecule has 13 heteroatoms. The number of nitrogens with two attached hydrogens (primary N) is 1. The third-order valence-corrected chi connectivity index (χ3v) is 4.62. The molecule has 2 aromatic rings. The van der Waals surface area contributed by atoms with E-state index >= 15 is 0 Å². The minimum absolute atomic E-state index is 0.173. The van der Waals surface area contributed by atoms with Crippen molar-refractivity contribution < 1.29 is 28.9 Å². The summed E-state index contributed by atoms with van der Waals surface area (Å²) < 4.78 is 22.8. The van der Waals surface area contributed by atoms with Crippen molar-refractivity contribution in [2.45, 2.75) is 24.5 Å². The first-order valence-electron chi connectivity index (χ1n) is 6.42. The Labute approximate surface area is 137 Å². The normalized spacial score (nSPS) is 30.6. The Morgan fingerprint density at radius 2 is 2.13 bits per heavy atom. The summed E-state index contributed by atoms with van der Waals surface area (Å²) in [7, 11) is 0. The van der Waals surface area contributed by atoms with E-state index in [2.05, 4.69) is 15.0 Å². The first-order chi connectivity index (χ1) is 10.8. The van der Waals surface area contributed by atoms with Gasteiger partial charge >= 0.3 is 137 Å². The molecular formula is C10H14N5O6PSe. The van der Waals surface area contributed by atoms with Gasteiger partial charge in [0.05, 0.1) is 0 Å². The van der Waals surface area contributed by atoms with Crippen LogP contribution in [0.25, 0.3) is 11.2 Å². The molecule has 3 heterocycles. The zero-order valence-corrected chi connectivity index (χ0v) is 14.3. The number of aromatic nitrogens is 4. The molecule has 1 aliphatic rings. The van der Waals surface area contributed by atoms with Gasteiger partial charge in [-0.25, -0.2) is 0 Å². The Balaban J connectivity index is 1.85. The Kier molecular flexibility index (Phi) is 4.43. The van der Waals surface area contributed by atoms with E-state index in [9.17, 15) is 14.8 Å². The number of fused-ring (bicyclic) bond motifs is 1. The summed E-state index contributed by atoms with van der Waals surface area (Å²) in [6.07, 6.45) is -5.79. The Bertz CT molecular complexity index is 767. The van der Waals surface area contributed by atoms with Crippen LogP contribution in [0.5, 0.6) is 0 Å². The second kappa shape index (κ2) is 6.08. The van der Waals surface area contributed by atoms with Gasteiger partial charge in [-0.05, 0) is 0 Å². The average molecular weight is 410 g/mol. The number of ether oxygens (including phenoxy) is 1. The van der Waals surface area contributed by atoms with Crippen molar-refractivity contribution >= 4 is 38.8 Å². The Hall–Kier alpha value is -1.10. The molecule has 11 nitrogen and oxygen atoms in total. The summed E-state index contributed by atoms with van der Waals surface area (Å²) in [4.78, 5) is 21.0. The predicted octanol–water partition coefficient (Wildman–Crippen LogP) is -1.95. The van der Waals surface area contributed by atoms with Gasteiger partial charge in [0.1, 0.15) is 0 Å². The summed E-state index contributed by atoms with van der Waals surface area (Å²) in [5, 5.41) is 20.2. The molecular weight excluding hydrogens is 396 g/mol. The van der Waals surface area contributed by atoms with Gasteiger partial charge < -0.3 is 0 Å². The quantitative estimate of drug-likeness (QED) is 0.329. The van der Waals surface area contributed by atoms with Gasteiger partial charge in [0.25, 0.3) is 0 Å². The fourth-order valence-electron chi connectivity index (χ4n) is 2.32. The van der Waals surface area contributed by atoms with Gasteiger partial charge in [0.2, 0.25) is 0 Å². The molecule has 1 saturated heterocycles. The standard InChI is InChI=1S/C10H14N5O6PSe/c11-8-5-9(13-2-12-8)15(3-14-5)10-7(17)6(16)4(21-10)1-20-22(18,19)23/h2-4,6-7,10,16-17H,1H2,(H2,11,12,13)(H2,18,19,23)/t4-,6-,7-,10-/m1/s1. The van der Waals surface area contributed by atoms with Gasteiger partial charge in [-0.15, -0.1) is 0 Å². The Morgan fingerprint density at radius 1 is 1.39 bits per heavy atom. The zero-order chi connectivity index (χ0) is 16.8. The summed E-state index contributed by atoms with van der Waals surface area (Å²) in [5.74, 6) is 0.173. The van der Waals surface area contributed by atoms with Crippen LogP contribution in [0.1, 0.15) is 6.23 Å². The summed E-state index contributed by atoms with van der Waals surface area (Å²) >= 11 is 1.50. The van der Waals surface area contributed by atoms with Gasteiger partial charge in [-0.1, -0.05) is 0 Å². The van der Waals surface area contributed by atoms with Crippen molar-refractivity contribution in [3.8, 4) is 0 Å². The van der Waals surface area contributed by atoms with Crippen LogP contribution in [0.15, 0.2) is 12.7 Å². The molecule has 0 saturated carbocycles. The van der Waals surface area contributed by atoms with E-state index in [0.29, 0.717) is 11.2 Å². The van der Waals surface area contributed by atoms with Gasteiger partial charge in [-0.2, -0.15) is 0 Å². The number of nitrogen functional groups attached to an aromatic ring is 1. The molecule has 2 aromatic heterocycles. The number of hydrogen-bond donors (Lipinski definition) is 4. The van der Waals surface area contributed by atoms with Crippen LogP contribution in [0.3, 0.4) is 0 Å². The van der Waals surface area contributed by atoms with Crippen LogP contribution in [0.4, 0.5) is 5.82 Å². The van der Waals surface area contributed by atoms with E-state index in [1.807, 2.05) is 0 Å². The van der Waals surface area contributed by atoms with Crippen molar-refractivity contribution in [2.24, 2.45) is 0 Å². The number of anilines is 1. The SMILES string of the molecule is Nc1ncnc2c1ncn2[C@@H]1O[C@H](COP(=O)(O)[SeH])[C@@H](O)[C@H]1O. The van der Waals surface area contributed by atoms with Crippen molar-refractivity contribution in [1.82, 2.24) is 19.5 Å². The van der Waals surface area contributed by atoms with Crippen LogP contribution in [-0.2, 0) is 13.8 Å². The zero-order valence-electron chi connectivity index (χ0n) is 11.5. The van der Waals surface area contributed by atoms with Crippen molar-refractivity contribution in [3.63, 3.8) is 0 Å². The fourth-order valence-corrected chi connectivity index (χ4v) is 3.08. The molecule has 5 N–H and O–H groups in total. The molecule has 0 aromatic carbocycles. The van der Waals surface area contributed by atoms with E-state index < -0.39 is 30.8 Å². The predicted molar refractivity (Wildman–Crippen MR) is 78.6 cm³/mol. The number of nitrogens with zero attached hydrogens (tertiary/aromatic N) is 4. The second-order valence-electron chi connectivity index (χ2n) is 4.92. The minimum atomic E-state index is -3.78. The van der Waals surface area contributed by atoms with Crippen molar-refractivity contribution in [2.75, 3.05) is 12.3 Å². The monoisotopic (exact) mass is 411 g/mol. The topological polar surface area (TPSA) is 166 Å². The van der Waals surface area contributed by atoms with Gasteiger partial charge in [0, 0.05) is 0 Å². The van der Waals surface area contributed by atoms with E-state index in [-0.39, 0.29) is 12.4 Å². The average Bonchev–Trinajstić information content (AvgIpc) is 3.01. The van der Waals surface area contributed by atoms with Crippen LogP contribution in [0.2, 0.25) is 0 Å². The third-order valence-electron chi connectivity index (χ3n) is 3.41. The van der Waals surface area contributed by atoms with Gasteiger partial charge in [-0.3, -0.25) is 0 Å². The first kappa shape index (κ1) is 16.7. The third kappa shape index (κ3) is 3.25. The molecule has 0 bridgehead atoms. The summed E-state index contributed by atoms with van der Waals surface area (Å²) in [5.41, 5.74) is 6.36. The number of imidazole rings is 1. The maximum absolute atomic E-state index is 11.1. The molecule has 0 aliphatic carbocycles. The molecule has 1 aliphatic heterocycles. The number of aliphatic hydroxyl groups is 2. The number of hydrogen-bond acceptors (Lipinski definition) is 9. The number of aliphatic hydroxyl groups excluding tert-OH is 2.